The van der Waals surface area contributed by atoms with Crippen LogP contribution in [0.2, 0.25) is 0 Å². The highest BCUT2D eigenvalue weighted by molar-refractivity contribution is 7.98. The molecule has 1 aromatic carbocycles. The Kier molecular flexibility index (Phi) is 4.95. The van der Waals surface area contributed by atoms with E-state index in [4.69, 9.17) is 0 Å². The fourth-order valence-electron chi connectivity index (χ4n) is 3.75. The lowest BCUT2D eigenvalue weighted by molar-refractivity contribution is -0.141. The van der Waals surface area contributed by atoms with Crippen LogP contribution in [0.5, 0.6) is 0 Å². The molecule has 1 saturated heterocycles. The Morgan fingerprint density at radius 1 is 1.22 bits per heavy atom. The first-order valence-electron chi connectivity index (χ1n) is 8.35. The highest BCUT2D eigenvalue weighted by Gasteiger charge is 2.36. The maximum absolute atomic E-state index is 12.7. The van der Waals surface area contributed by atoms with Gasteiger partial charge < -0.3 is 9.80 Å². The number of para-hydroxylation sites is 1. The lowest BCUT2D eigenvalue weighted by atomic mass is 10.0. The molecular formula is C18H24N2O2S. The van der Waals surface area contributed by atoms with Gasteiger partial charge in [-0.15, -0.1) is 11.8 Å². The second-order valence-corrected chi connectivity index (χ2v) is 7.33. The summed E-state index contributed by atoms with van der Waals surface area (Å²) in [5.41, 5.74) is 0.963. The van der Waals surface area contributed by atoms with Crippen molar-refractivity contribution >= 4 is 29.3 Å². The minimum absolute atomic E-state index is 0.00917. The average Bonchev–Trinajstić information content (AvgIpc) is 3.08. The van der Waals surface area contributed by atoms with E-state index in [1.54, 1.807) is 16.7 Å². The molecule has 1 aliphatic heterocycles. The first-order valence-corrected chi connectivity index (χ1v) is 9.58. The fraction of sp³-hybridized carbons (Fsp3) is 0.556. The SMILES string of the molecule is CSc1ccccc1N1C(=O)CN(C(=O)C2CCCC2)CC1C. The van der Waals surface area contributed by atoms with Crippen molar-refractivity contribution in [2.24, 2.45) is 5.92 Å². The van der Waals surface area contributed by atoms with Gasteiger partial charge in [0.25, 0.3) is 0 Å². The standard InChI is InChI=1S/C18H24N2O2S/c1-13-11-19(18(22)14-7-3-4-8-14)12-17(21)20(13)15-9-5-6-10-16(15)23-2/h5-6,9-10,13-14H,3-4,7-8,11-12H2,1-2H3. The van der Waals surface area contributed by atoms with Crippen LogP contribution in [0.25, 0.3) is 0 Å². The predicted octanol–water partition coefficient (Wildman–Crippen LogP) is 3.16. The molecule has 0 N–H and O–H groups in total. The maximum Gasteiger partial charge on any atom is 0.246 e. The van der Waals surface area contributed by atoms with E-state index in [0.717, 1.165) is 36.3 Å². The summed E-state index contributed by atoms with van der Waals surface area (Å²) in [6.45, 7) is 2.87. The van der Waals surface area contributed by atoms with E-state index in [1.165, 1.54) is 0 Å². The molecule has 5 heteroatoms. The van der Waals surface area contributed by atoms with Gasteiger partial charge in [-0.05, 0) is 38.2 Å². The van der Waals surface area contributed by atoms with E-state index in [0.29, 0.717) is 6.54 Å². The number of hydrogen-bond acceptors (Lipinski definition) is 3. The number of carbonyl (C=O) groups excluding carboxylic acids is 2. The third-order valence-corrected chi connectivity index (χ3v) is 5.67. The van der Waals surface area contributed by atoms with Crippen molar-refractivity contribution in [3.8, 4) is 0 Å². The monoisotopic (exact) mass is 332 g/mol. The Balaban J connectivity index is 1.77. The number of hydrogen-bond donors (Lipinski definition) is 0. The number of piperazine rings is 1. The van der Waals surface area contributed by atoms with Gasteiger partial charge >= 0.3 is 0 Å². The topological polar surface area (TPSA) is 40.6 Å². The molecule has 2 aliphatic rings. The van der Waals surface area contributed by atoms with Crippen LogP contribution in [0.3, 0.4) is 0 Å². The van der Waals surface area contributed by atoms with E-state index in [-0.39, 0.29) is 30.3 Å². The van der Waals surface area contributed by atoms with Crippen molar-refractivity contribution in [3.63, 3.8) is 0 Å². The first-order chi connectivity index (χ1) is 11.1. The Morgan fingerprint density at radius 3 is 2.57 bits per heavy atom. The van der Waals surface area contributed by atoms with Gasteiger partial charge in [0.1, 0.15) is 6.54 Å². The van der Waals surface area contributed by atoms with E-state index in [1.807, 2.05) is 42.3 Å². The minimum Gasteiger partial charge on any atom is -0.331 e. The average molecular weight is 332 g/mol. The second-order valence-electron chi connectivity index (χ2n) is 6.48. The quantitative estimate of drug-likeness (QED) is 0.798. The Labute approximate surface area is 142 Å². The van der Waals surface area contributed by atoms with Crippen LogP contribution < -0.4 is 4.90 Å². The molecule has 2 amide bonds. The van der Waals surface area contributed by atoms with Crippen LogP contribution in [-0.4, -0.2) is 42.1 Å². The number of carbonyl (C=O) groups is 2. The molecule has 124 valence electrons. The zero-order chi connectivity index (χ0) is 16.4. The van der Waals surface area contributed by atoms with Gasteiger partial charge in [0.2, 0.25) is 11.8 Å². The summed E-state index contributed by atoms with van der Waals surface area (Å²) in [7, 11) is 0. The summed E-state index contributed by atoms with van der Waals surface area (Å²) in [5.74, 6) is 0.345. The fourth-order valence-corrected chi connectivity index (χ4v) is 4.34. The maximum atomic E-state index is 12.7. The molecule has 4 nitrogen and oxygen atoms in total. The number of thioether (sulfide) groups is 1. The molecular weight excluding hydrogens is 308 g/mol. The zero-order valence-corrected chi connectivity index (χ0v) is 14.6. The second kappa shape index (κ2) is 6.95. The van der Waals surface area contributed by atoms with E-state index in [9.17, 15) is 9.59 Å². The van der Waals surface area contributed by atoms with Gasteiger partial charge in [0.05, 0.1) is 11.7 Å². The molecule has 23 heavy (non-hydrogen) atoms. The normalized spacial score (nSPS) is 22.7. The molecule has 0 bridgehead atoms. The minimum atomic E-state index is 0.00917. The van der Waals surface area contributed by atoms with E-state index >= 15 is 0 Å². The van der Waals surface area contributed by atoms with Crippen LogP contribution in [0.1, 0.15) is 32.6 Å². The first kappa shape index (κ1) is 16.4. The van der Waals surface area contributed by atoms with Crippen LogP contribution in [0.4, 0.5) is 5.69 Å². The molecule has 2 fully saturated rings. The van der Waals surface area contributed by atoms with Crippen molar-refractivity contribution in [1.29, 1.82) is 0 Å². The molecule has 1 unspecified atom stereocenters. The number of anilines is 1. The third kappa shape index (κ3) is 3.25. The predicted molar refractivity (Wildman–Crippen MR) is 93.7 cm³/mol. The van der Waals surface area contributed by atoms with Gasteiger partial charge in [-0.2, -0.15) is 0 Å². The van der Waals surface area contributed by atoms with Crippen molar-refractivity contribution in [2.45, 2.75) is 43.5 Å². The Morgan fingerprint density at radius 2 is 1.91 bits per heavy atom. The number of benzene rings is 1. The summed E-state index contributed by atoms with van der Waals surface area (Å²) in [6.07, 6.45) is 6.27. The van der Waals surface area contributed by atoms with Crippen LogP contribution in [0.15, 0.2) is 29.2 Å². The third-order valence-electron chi connectivity index (χ3n) is 4.88. The summed E-state index contributed by atoms with van der Waals surface area (Å²) in [6, 6.07) is 8.00. The molecule has 0 aromatic heterocycles. The summed E-state index contributed by atoms with van der Waals surface area (Å²) >= 11 is 1.65. The lowest BCUT2D eigenvalue weighted by Gasteiger charge is -2.40. The molecule has 1 aromatic rings. The van der Waals surface area contributed by atoms with Crippen molar-refractivity contribution < 1.29 is 9.59 Å². The van der Waals surface area contributed by atoms with Gasteiger partial charge in [0.15, 0.2) is 0 Å². The largest absolute Gasteiger partial charge is 0.331 e. The summed E-state index contributed by atoms with van der Waals surface area (Å²) < 4.78 is 0. The van der Waals surface area contributed by atoms with Crippen molar-refractivity contribution in [3.05, 3.63) is 24.3 Å². The van der Waals surface area contributed by atoms with Gasteiger partial charge in [-0.25, -0.2) is 0 Å². The van der Waals surface area contributed by atoms with Crippen molar-refractivity contribution in [2.75, 3.05) is 24.2 Å². The van der Waals surface area contributed by atoms with E-state index in [2.05, 4.69) is 0 Å². The highest BCUT2D eigenvalue weighted by Crippen LogP contribution is 2.32. The molecule has 1 heterocycles. The summed E-state index contributed by atoms with van der Waals surface area (Å²) in [5, 5.41) is 0. The molecule has 3 rings (SSSR count). The van der Waals surface area contributed by atoms with Gasteiger partial charge in [-0.1, -0.05) is 25.0 Å². The number of nitrogens with zero attached hydrogens (tertiary/aromatic N) is 2. The van der Waals surface area contributed by atoms with Crippen molar-refractivity contribution in [1.82, 2.24) is 4.90 Å². The molecule has 0 radical (unpaired) electrons. The number of rotatable bonds is 3. The molecule has 0 spiro atoms. The van der Waals surface area contributed by atoms with Crippen LogP contribution in [-0.2, 0) is 9.59 Å². The van der Waals surface area contributed by atoms with Gasteiger partial charge in [-0.3, -0.25) is 9.59 Å². The van der Waals surface area contributed by atoms with E-state index < -0.39 is 0 Å². The Hall–Kier alpha value is -1.49. The lowest BCUT2D eigenvalue weighted by Crippen LogP contribution is -2.58. The summed E-state index contributed by atoms with van der Waals surface area (Å²) in [4.78, 5) is 30.1. The molecule has 1 aliphatic carbocycles. The zero-order valence-electron chi connectivity index (χ0n) is 13.8. The smallest absolute Gasteiger partial charge is 0.246 e. The van der Waals surface area contributed by atoms with Crippen LogP contribution in [0, 0.1) is 5.92 Å². The Bertz CT molecular complexity index is 598. The van der Waals surface area contributed by atoms with Crippen LogP contribution >= 0.6 is 11.8 Å². The molecule has 1 saturated carbocycles. The highest BCUT2D eigenvalue weighted by atomic mass is 32.2. The van der Waals surface area contributed by atoms with Gasteiger partial charge in [0, 0.05) is 17.4 Å². The number of amides is 2. The molecule has 1 atom stereocenters.